The van der Waals surface area contributed by atoms with Crippen molar-refractivity contribution < 1.29 is 39.8 Å². The van der Waals surface area contributed by atoms with Gasteiger partial charge in [-0.25, -0.2) is 4.21 Å². The monoisotopic (exact) mass is 286 g/mol. The minimum Gasteiger partial charge on any atom is -0.367 e. The van der Waals surface area contributed by atoms with Gasteiger partial charge < -0.3 is 4.74 Å². The third-order valence-electron chi connectivity index (χ3n) is 1.49. The zero-order valence-corrected chi connectivity index (χ0v) is 8.99. The van der Waals surface area contributed by atoms with E-state index in [1.54, 1.807) is 0 Å². The Morgan fingerprint density at radius 2 is 1.94 bits per heavy atom. The van der Waals surface area contributed by atoms with Crippen LogP contribution in [-0.2, 0) is 20.2 Å². The first-order valence-corrected chi connectivity index (χ1v) is 5.38. The van der Waals surface area contributed by atoms with Crippen LogP contribution in [0.1, 0.15) is 6.42 Å². The van der Waals surface area contributed by atoms with E-state index in [1.165, 1.54) is 0 Å². The Morgan fingerprint density at radius 1 is 1.35 bits per heavy atom. The second-order valence-corrected chi connectivity index (χ2v) is 3.84. The van der Waals surface area contributed by atoms with E-state index < -0.39 is 48.2 Å². The molecule has 0 amide bonds. The molecule has 0 radical (unpaired) electrons. The summed E-state index contributed by atoms with van der Waals surface area (Å²) < 4.78 is 88.3. The van der Waals surface area contributed by atoms with Crippen molar-refractivity contribution in [3.8, 4) is 0 Å². The van der Waals surface area contributed by atoms with Crippen molar-refractivity contribution in [1.29, 1.82) is 0 Å². The van der Waals surface area contributed by atoms with Crippen molar-refractivity contribution in [2.45, 2.75) is 18.7 Å². The van der Waals surface area contributed by atoms with E-state index >= 15 is 0 Å². The summed E-state index contributed by atoms with van der Waals surface area (Å²) in [6, 6.07) is 0. The summed E-state index contributed by atoms with van der Waals surface area (Å²) in [6.07, 6.45) is -10.6. The van der Waals surface area contributed by atoms with Gasteiger partial charge in [-0.05, 0) is 10.6 Å². The Kier molecular flexibility index (Phi) is 7.39. The van der Waals surface area contributed by atoms with Crippen molar-refractivity contribution in [2.24, 2.45) is 0 Å². The number of hydrogen-bond donors (Lipinski definition) is 0. The second-order valence-electron chi connectivity index (χ2n) is 2.70. The number of halogens is 6. The summed E-state index contributed by atoms with van der Waals surface area (Å²) in [7, 11) is 0. The molecule has 0 bridgehead atoms. The first kappa shape index (κ1) is 16.4. The van der Waals surface area contributed by atoms with Gasteiger partial charge in [0.1, 0.15) is 0 Å². The first-order chi connectivity index (χ1) is 7.77. The number of rotatable bonds is 7. The van der Waals surface area contributed by atoms with E-state index in [0.717, 1.165) is 0 Å². The molecule has 0 saturated carbocycles. The SMILES string of the molecule is O=S(CCOC(CC=C(F)F)C(F)(F)F)OF. The predicted molar refractivity (Wildman–Crippen MR) is 45.9 cm³/mol. The zero-order valence-electron chi connectivity index (χ0n) is 8.18. The Hall–Kier alpha value is -0.610. The Bertz CT molecular complexity index is 275. The molecule has 0 aromatic rings. The van der Waals surface area contributed by atoms with E-state index in [0.29, 0.717) is 0 Å². The molecule has 0 saturated heterocycles. The quantitative estimate of drug-likeness (QED) is 0.675. The Morgan fingerprint density at radius 3 is 2.35 bits per heavy atom. The molecule has 0 aliphatic heterocycles. The summed E-state index contributed by atoms with van der Waals surface area (Å²) in [4.78, 5) is 0. The van der Waals surface area contributed by atoms with Crippen LogP contribution in [0.4, 0.5) is 26.5 Å². The lowest BCUT2D eigenvalue weighted by Gasteiger charge is -2.18. The fourth-order valence-electron chi connectivity index (χ4n) is 0.782. The van der Waals surface area contributed by atoms with Gasteiger partial charge in [0.2, 0.25) is 0 Å². The molecule has 2 atom stereocenters. The topological polar surface area (TPSA) is 35.5 Å². The van der Waals surface area contributed by atoms with Crippen LogP contribution in [0.3, 0.4) is 0 Å². The fourth-order valence-corrected chi connectivity index (χ4v) is 1.08. The molecule has 0 aromatic carbocycles. The number of alkyl halides is 3. The highest BCUT2D eigenvalue weighted by molar-refractivity contribution is 7.80. The molecule has 102 valence electrons. The van der Waals surface area contributed by atoms with Gasteiger partial charge >= 0.3 is 6.18 Å². The van der Waals surface area contributed by atoms with E-state index in [2.05, 4.69) is 9.12 Å². The van der Waals surface area contributed by atoms with Gasteiger partial charge in [-0.2, -0.15) is 22.0 Å². The number of ether oxygens (including phenoxy) is 1. The summed E-state index contributed by atoms with van der Waals surface area (Å²) in [5.41, 5.74) is 0. The highest BCUT2D eigenvalue weighted by Gasteiger charge is 2.40. The van der Waals surface area contributed by atoms with Gasteiger partial charge in [-0.3, -0.25) is 0 Å². The molecule has 10 heteroatoms. The van der Waals surface area contributed by atoms with Crippen LogP contribution in [0.15, 0.2) is 12.2 Å². The van der Waals surface area contributed by atoms with Crippen molar-refractivity contribution in [1.82, 2.24) is 0 Å². The minimum atomic E-state index is -4.84. The molecule has 0 N–H and O–H groups in total. The number of hydrogen-bond acceptors (Lipinski definition) is 3. The third-order valence-corrected chi connectivity index (χ3v) is 2.13. The van der Waals surface area contributed by atoms with E-state index in [9.17, 15) is 30.7 Å². The smallest absolute Gasteiger partial charge is 0.367 e. The molecule has 0 rings (SSSR count). The maximum Gasteiger partial charge on any atom is 0.414 e. The molecule has 2 unspecified atom stereocenters. The van der Waals surface area contributed by atoms with Crippen molar-refractivity contribution >= 4 is 11.1 Å². The Balaban J connectivity index is 4.22. The molecule has 0 fully saturated rings. The van der Waals surface area contributed by atoms with Crippen molar-refractivity contribution in [3.05, 3.63) is 12.2 Å². The van der Waals surface area contributed by atoms with E-state index in [4.69, 9.17) is 0 Å². The zero-order chi connectivity index (χ0) is 13.5. The first-order valence-electron chi connectivity index (χ1n) is 4.14. The van der Waals surface area contributed by atoms with Gasteiger partial charge in [-0.1, -0.05) is 4.39 Å². The molecule has 0 aliphatic rings. The highest BCUT2D eigenvalue weighted by Crippen LogP contribution is 2.26. The molecule has 0 heterocycles. The lowest BCUT2D eigenvalue weighted by atomic mass is 10.2. The average Bonchev–Trinajstić information content (AvgIpc) is 2.20. The molecular formula is C7H8F6O3S. The second kappa shape index (κ2) is 7.67. The molecule has 0 aliphatic carbocycles. The summed E-state index contributed by atoms with van der Waals surface area (Å²) in [6.45, 7) is -0.734. The molecular weight excluding hydrogens is 278 g/mol. The summed E-state index contributed by atoms with van der Waals surface area (Å²) >= 11 is -2.41. The van der Waals surface area contributed by atoms with Crippen molar-refractivity contribution in [3.63, 3.8) is 0 Å². The average molecular weight is 286 g/mol. The van der Waals surface area contributed by atoms with Crippen LogP contribution in [0.25, 0.3) is 0 Å². The van der Waals surface area contributed by atoms with Crippen LogP contribution in [0.5, 0.6) is 0 Å². The van der Waals surface area contributed by atoms with Crippen LogP contribution in [0.2, 0.25) is 0 Å². The van der Waals surface area contributed by atoms with E-state index in [-0.39, 0.29) is 6.08 Å². The molecule has 0 aromatic heterocycles. The maximum absolute atomic E-state index is 12.2. The van der Waals surface area contributed by atoms with Crippen LogP contribution in [0, 0.1) is 0 Å². The molecule has 0 spiro atoms. The molecule has 17 heavy (non-hydrogen) atoms. The summed E-state index contributed by atoms with van der Waals surface area (Å²) in [5, 5.41) is 0. The fraction of sp³-hybridized carbons (Fsp3) is 0.714. The Labute approximate surface area is 94.9 Å². The van der Waals surface area contributed by atoms with Gasteiger partial charge in [0.15, 0.2) is 17.2 Å². The van der Waals surface area contributed by atoms with Crippen molar-refractivity contribution in [2.75, 3.05) is 12.4 Å². The highest BCUT2D eigenvalue weighted by atomic mass is 32.2. The van der Waals surface area contributed by atoms with Crippen LogP contribution >= 0.6 is 0 Å². The standard InChI is InChI=1S/C7H8F6O3S/c8-6(9)2-1-5(7(10,11)12)15-3-4-17(14)16-13/h2,5H,1,3-4H2. The summed E-state index contributed by atoms with van der Waals surface area (Å²) in [5.74, 6) is -0.634. The van der Waals surface area contributed by atoms with E-state index in [1.807, 2.05) is 0 Å². The molecule has 3 nitrogen and oxygen atoms in total. The normalized spacial score (nSPS) is 15.4. The van der Waals surface area contributed by atoms with Gasteiger partial charge in [0, 0.05) is 6.42 Å². The van der Waals surface area contributed by atoms with Gasteiger partial charge in [0.25, 0.3) is 6.08 Å². The largest absolute Gasteiger partial charge is 0.414 e. The maximum atomic E-state index is 12.2. The lowest BCUT2D eigenvalue weighted by Crippen LogP contribution is -2.32. The van der Waals surface area contributed by atoms with Crippen LogP contribution in [-0.4, -0.2) is 28.8 Å². The lowest BCUT2D eigenvalue weighted by molar-refractivity contribution is -0.217. The van der Waals surface area contributed by atoms with Gasteiger partial charge in [0.05, 0.1) is 12.4 Å². The third kappa shape index (κ3) is 8.16. The van der Waals surface area contributed by atoms with Crippen LogP contribution < -0.4 is 0 Å². The predicted octanol–water partition coefficient (Wildman–Crippen LogP) is 2.67. The minimum absolute atomic E-state index is 0.0563. The van der Waals surface area contributed by atoms with Gasteiger partial charge in [-0.15, -0.1) is 0 Å².